The Morgan fingerprint density at radius 1 is 1.21 bits per heavy atom. The van der Waals surface area contributed by atoms with Crippen molar-refractivity contribution in [2.75, 3.05) is 7.11 Å². The lowest BCUT2D eigenvalue weighted by Gasteiger charge is -2.11. The van der Waals surface area contributed by atoms with Gasteiger partial charge < -0.3 is 9.84 Å². The first-order chi connectivity index (χ1) is 13.5. The van der Waals surface area contributed by atoms with Crippen molar-refractivity contribution in [3.8, 4) is 17.3 Å². The van der Waals surface area contributed by atoms with Crippen LogP contribution in [-0.2, 0) is 0 Å². The fraction of sp³-hybridized carbons (Fsp3) is 0.0500. The molecule has 3 aromatic rings. The van der Waals surface area contributed by atoms with Crippen molar-refractivity contribution in [2.24, 2.45) is 4.99 Å². The molecule has 0 aliphatic carbocycles. The fourth-order valence-corrected chi connectivity index (χ4v) is 3.35. The smallest absolute Gasteiger partial charge is 0.335 e. The third kappa shape index (κ3) is 3.07. The molecule has 0 amide bonds. The van der Waals surface area contributed by atoms with Crippen LogP contribution in [0.2, 0.25) is 0 Å². The highest BCUT2D eigenvalue weighted by Gasteiger charge is 2.18. The van der Waals surface area contributed by atoms with Crippen LogP contribution >= 0.6 is 15.9 Å². The molecule has 0 saturated carbocycles. The number of aliphatic imine (C=N–C) groups is 1. The van der Waals surface area contributed by atoms with Gasteiger partial charge in [0.05, 0.1) is 18.5 Å². The summed E-state index contributed by atoms with van der Waals surface area (Å²) < 4.78 is 7.05. The molecule has 0 atom stereocenters. The maximum Gasteiger partial charge on any atom is 0.335 e. The van der Waals surface area contributed by atoms with Gasteiger partial charge in [-0.2, -0.15) is 0 Å². The highest BCUT2D eigenvalue weighted by Crippen LogP contribution is 2.35. The number of fused-ring (bicyclic) bond motifs is 1. The van der Waals surface area contributed by atoms with E-state index >= 15 is 0 Å². The summed E-state index contributed by atoms with van der Waals surface area (Å²) in [4.78, 5) is 31.3. The first-order valence-corrected chi connectivity index (χ1v) is 9.05. The van der Waals surface area contributed by atoms with Crippen LogP contribution in [0.4, 0.5) is 5.69 Å². The zero-order chi connectivity index (χ0) is 19.8. The average molecular weight is 440 g/mol. The molecule has 1 aromatic heterocycles. The number of halogens is 1. The second kappa shape index (κ2) is 6.97. The number of methoxy groups -OCH3 is 1. The molecule has 1 aliphatic rings. The number of nitrogens with zero attached hydrogens (tertiary/aromatic N) is 2. The summed E-state index contributed by atoms with van der Waals surface area (Å²) in [6.45, 7) is 0. The quantitative estimate of drug-likeness (QED) is 0.654. The van der Waals surface area contributed by atoms with Crippen molar-refractivity contribution in [1.82, 2.24) is 9.55 Å². The third-order valence-corrected chi connectivity index (χ3v) is 4.84. The molecule has 28 heavy (non-hydrogen) atoms. The van der Waals surface area contributed by atoms with E-state index in [1.165, 1.54) is 13.2 Å². The molecule has 0 spiro atoms. The first kappa shape index (κ1) is 18.0. The average Bonchev–Trinajstić information content (AvgIpc) is 3.07. The lowest BCUT2D eigenvalue weighted by atomic mass is 10.1. The van der Waals surface area contributed by atoms with Crippen LogP contribution in [0.1, 0.15) is 11.1 Å². The van der Waals surface area contributed by atoms with Crippen LogP contribution in [0.15, 0.2) is 61.5 Å². The molecule has 4 rings (SSSR count). The number of aromatic amines is 1. The van der Waals surface area contributed by atoms with E-state index in [2.05, 4.69) is 25.9 Å². The number of benzene rings is 2. The second-order valence-electron chi connectivity index (χ2n) is 6.05. The van der Waals surface area contributed by atoms with E-state index in [-0.39, 0.29) is 5.56 Å². The van der Waals surface area contributed by atoms with E-state index in [4.69, 9.17) is 4.74 Å². The highest BCUT2D eigenvalue weighted by atomic mass is 79.9. The standard InChI is InChI=1S/C20H14BrN3O4/c1-28-14-4-2-3-13(9-14)24-19(26)16(18(25)23-20(24)27)7-11-10-22-17-6-5-12(21)8-15(11)17/h2-10,26H,1H3,(H,23,25,27). The molecule has 0 radical (unpaired) electrons. The third-order valence-electron chi connectivity index (χ3n) is 4.34. The molecule has 2 aromatic carbocycles. The summed E-state index contributed by atoms with van der Waals surface area (Å²) in [5, 5.41) is 10.7. The Morgan fingerprint density at radius 3 is 2.82 bits per heavy atom. The molecular weight excluding hydrogens is 426 g/mol. The van der Waals surface area contributed by atoms with Crippen LogP contribution < -0.4 is 16.0 Å². The van der Waals surface area contributed by atoms with Gasteiger partial charge in [-0.15, -0.1) is 0 Å². The van der Waals surface area contributed by atoms with Gasteiger partial charge in [-0.1, -0.05) is 22.0 Å². The van der Waals surface area contributed by atoms with Crippen molar-refractivity contribution in [2.45, 2.75) is 0 Å². The van der Waals surface area contributed by atoms with E-state index in [9.17, 15) is 14.7 Å². The van der Waals surface area contributed by atoms with Crippen molar-refractivity contribution >= 4 is 39.5 Å². The number of allylic oxidation sites excluding steroid dienone is 1. The monoisotopic (exact) mass is 439 g/mol. The summed E-state index contributed by atoms with van der Waals surface area (Å²) in [6.07, 6.45) is 3.11. The van der Waals surface area contributed by atoms with Crippen molar-refractivity contribution in [3.63, 3.8) is 0 Å². The molecule has 8 heteroatoms. The van der Waals surface area contributed by atoms with Crippen LogP contribution in [-0.4, -0.2) is 28.0 Å². The molecule has 0 saturated heterocycles. The molecule has 0 bridgehead atoms. The Bertz CT molecular complexity index is 1270. The number of aromatic hydroxyl groups is 1. The summed E-state index contributed by atoms with van der Waals surface area (Å²) in [6, 6.07) is 12.2. The SMILES string of the molecule is COc1cccc(-n2c(O)c(C=C3C=Nc4ccc(Br)cc43)c(=O)[nH]c2=O)c1. The number of aromatic nitrogens is 2. The minimum Gasteiger partial charge on any atom is -0.497 e. The Hall–Kier alpha value is -3.39. The zero-order valence-electron chi connectivity index (χ0n) is 14.6. The molecule has 2 N–H and O–H groups in total. The Kier molecular flexibility index (Phi) is 4.48. The molecule has 0 unspecified atom stereocenters. The van der Waals surface area contributed by atoms with Gasteiger partial charge in [-0.25, -0.2) is 9.36 Å². The zero-order valence-corrected chi connectivity index (χ0v) is 16.2. The van der Waals surface area contributed by atoms with Gasteiger partial charge in [0, 0.05) is 27.9 Å². The van der Waals surface area contributed by atoms with Gasteiger partial charge in [0.25, 0.3) is 5.56 Å². The largest absolute Gasteiger partial charge is 0.497 e. The number of hydrogen-bond donors (Lipinski definition) is 2. The van der Waals surface area contributed by atoms with Gasteiger partial charge in [0.15, 0.2) is 0 Å². The van der Waals surface area contributed by atoms with Gasteiger partial charge in [0.1, 0.15) is 11.3 Å². The van der Waals surface area contributed by atoms with E-state index < -0.39 is 17.1 Å². The molecule has 1 aliphatic heterocycles. The highest BCUT2D eigenvalue weighted by molar-refractivity contribution is 9.10. The minimum atomic E-state index is -0.749. The Balaban J connectivity index is 1.91. The van der Waals surface area contributed by atoms with Crippen LogP contribution in [0.25, 0.3) is 17.3 Å². The Labute approximate surface area is 167 Å². The van der Waals surface area contributed by atoms with Gasteiger partial charge >= 0.3 is 5.69 Å². The summed E-state index contributed by atoms with van der Waals surface area (Å²) in [5.41, 5.74) is 1.09. The van der Waals surface area contributed by atoms with Crippen molar-refractivity contribution in [3.05, 3.63) is 78.9 Å². The Morgan fingerprint density at radius 2 is 2.04 bits per heavy atom. The van der Waals surface area contributed by atoms with E-state index in [0.29, 0.717) is 17.0 Å². The summed E-state index contributed by atoms with van der Waals surface area (Å²) in [5.74, 6) is 0.0444. The normalized spacial score (nSPS) is 13.7. The first-order valence-electron chi connectivity index (χ1n) is 8.26. The maximum absolute atomic E-state index is 12.4. The van der Waals surface area contributed by atoms with Gasteiger partial charge in [0.2, 0.25) is 5.88 Å². The second-order valence-corrected chi connectivity index (χ2v) is 6.97. The molecule has 7 nitrogen and oxygen atoms in total. The van der Waals surface area contributed by atoms with Gasteiger partial charge in [-0.05, 0) is 36.4 Å². The van der Waals surface area contributed by atoms with Crippen LogP contribution in [0, 0.1) is 0 Å². The van der Waals surface area contributed by atoms with E-state index in [0.717, 1.165) is 20.3 Å². The molecular formula is C20H14BrN3O4. The van der Waals surface area contributed by atoms with Crippen LogP contribution in [0.5, 0.6) is 11.6 Å². The molecule has 2 heterocycles. The predicted molar refractivity (Wildman–Crippen MR) is 111 cm³/mol. The summed E-state index contributed by atoms with van der Waals surface area (Å²) >= 11 is 3.41. The van der Waals surface area contributed by atoms with Gasteiger partial charge in [-0.3, -0.25) is 14.8 Å². The maximum atomic E-state index is 12.4. The number of ether oxygens (including phenoxy) is 1. The number of hydrogen-bond acceptors (Lipinski definition) is 5. The summed E-state index contributed by atoms with van der Waals surface area (Å²) in [7, 11) is 1.50. The lowest BCUT2D eigenvalue weighted by Crippen LogP contribution is -2.30. The van der Waals surface area contributed by atoms with Crippen molar-refractivity contribution in [1.29, 1.82) is 0 Å². The number of nitrogens with one attached hydrogen (secondary N) is 1. The fourth-order valence-electron chi connectivity index (χ4n) is 2.99. The topological polar surface area (TPSA) is 96.7 Å². The number of rotatable bonds is 3. The predicted octanol–water partition coefficient (Wildman–Crippen LogP) is 3.26. The molecule has 140 valence electrons. The number of H-pyrrole nitrogens is 1. The van der Waals surface area contributed by atoms with Crippen molar-refractivity contribution < 1.29 is 9.84 Å². The van der Waals surface area contributed by atoms with E-state index in [1.807, 2.05) is 18.2 Å². The minimum absolute atomic E-state index is 0.0447. The molecule has 0 fully saturated rings. The lowest BCUT2D eigenvalue weighted by molar-refractivity contribution is 0.412. The van der Waals surface area contributed by atoms with Crippen LogP contribution in [0.3, 0.4) is 0 Å². The van der Waals surface area contributed by atoms with E-state index in [1.54, 1.807) is 30.5 Å².